The van der Waals surface area contributed by atoms with E-state index in [1.807, 2.05) is 26.8 Å². The van der Waals surface area contributed by atoms with E-state index >= 15 is 0 Å². The first-order valence-corrected chi connectivity index (χ1v) is 9.77. The Bertz CT molecular complexity index is 1050. The molecular formula is C21H24N4O4. The van der Waals surface area contributed by atoms with Gasteiger partial charge in [0.2, 0.25) is 17.7 Å². The molecule has 8 nitrogen and oxygen atoms in total. The summed E-state index contributed by atoms with van der Waals surface area (Å²) in [4.78, 5) is 42.0. The minimum atomic E-state index is -0.591. The Labute approximate surface area is 168 Å². The van der Waals surface area contributed by atoms with Gasteiger partial charge in [0.25, 0.3) is 5.91 Å². The lowest BCUT2D eigenvalue weighted by Gasteiger charge is -2.47. The molecule has 2 aliphatic rings. The molecule has 2 heterocycles. The van der Waals surface area contributed by atoms with E-state index in [-0.39, 0.29) is 47.7 Å². The van der Waals surface area contributed by atoms with Gasteiger partial charge in [-0.3, -0.25) is 19.3 Å². The largest absolute Gasteiger partial charge is 0.493 e. The standard InChI is InChI=1S/C21H24N4O4/c1-20(2)13-8-10-21(20,3)19(29)25(18(13)28)11-9-15(26)23-24-16-12-6-4-5-7-14(12)22-17(16)27/h4-7,13,22,27H,8-11H2,1-3H3/t13-,21+/m0/s1. The van der Waals surface area contributed by atoms with Gasteiger partial charge in [0.05, 0.1) is 10.9 Å². The number of piperidine rings is 1. The number of carbonyl (C=O) groups excluding carboxylic acids is 3. The van der Waals surface area contributed by atoms with Crippen molar-refractivity contribution >= 4 is 34.3 Å². The third-order valence-electron chi connectivity index (χ3n) is 6.98. The van der Waals surface area contributed by atoms with Crippen LogP contribution in [0.1, 0.15) is 40.0 Å². The van der Waals surface area contributed by atoms with Crippen LogP contribution in [0, 0.1) is 16.7 Å². The summed E-state index contributed by atoms with van der Waals surface area (Å²) in [6, 6.07) is 7.14. The number of para-hydroxylation sites is 1. The fourth-order valence-electron chi connectivity index (χ4n) is 4.69. The molecule has 1 saturated carbocycles. The smallest absolute Gasteiger partial charge is 0.266 e. The van der Waals surface area contributed by atoms with Crippen LogP contribution in [0.25, 0.3) is 10.9 Å². The second kappa shape index (κ2) is 6.50. The summed E-state index contributed by atoms with van der Waals surface area (Å²) in [7, 11) is 0. The van der Waals surface area contributed by atoms with Crippen LogP contribution in [-0.2, 0) is 14.4 Å². The van der Waals surface area contributed by atoms with Gasteiger partial charge in [-0.1, -0.05) is 39.0 Å². The molecule has 1 aromatic heterocycles. The quantitative estimate of drug-likeness (QED) is 0.606. The van der Waals surface area contributed by atoms with Crippen LogP contribution in [0.4, 0.5) is 5.69 Å². The van der Waals surface area contributed by atoms with Crippen LogP contribution in [0.5, 0.6) is 5.88 Å². The zero-order valence-electron chi connectivity index (χ0n) is 16.7. The van der Waals surface area contributed by atoms with Crippen molar-refractivity contribution in [3.8, 4) is 5.88 Å². The average molecular weight is 396 g/mol. The molecule has 1 aliphatic heterocycles. The third-order valence-corrected chi connectivity index (χ3v) is 6.98. The first-order chi connectivity index (χ1) is 13.7. The molecule has 2 N–H and O–H groups in total. The number of nitrogens with zero attached hydrogens (tertiary/aromatic N) is 3. The molecule has 1 saturated heterocycles. The SMILES string of the molecule is CC1(C)[C@H]2CC[C@]1(C)C(=O)N(CCC(=O)N=Nc1c(O)[nH]c3ccccc13)C2=O. The predicted molar refractivity (Wildman–Crippen MR) is 105 cm³/mol. The zero-order chi connectivity index (χ0) is 21.0. The molecule has 8 heteroatoms. The predicted octanol–water partition coefficient (Wildman–Crippen LogP) is 3.69. The summed E-state index contributed by atoms with van der Waals surface area (Å²) in [5, 5.41) is 18.2. The summed E-state index contributed by atoms with van der Waals surface area (Å²) < 4.78 is 0. The Morgan fingerprint density at radius 3 is 2.76 bits per heavy atom. The summed E-state index contributed by atoms with van der Waals surface area (Å²) in [5.41, 5.74) is -0.103. The molecule has 152 valence electrons. The highest BCUT2D eigenvalue weighted by Crippen LogP contribution is 2.60. The Morgan fingerprint density at radius 1 is 1.28 bits per heavy atom. The highest BCUT2D eigenvalue weighted by atomic mass is 16.3. The summed E-state index contributed by atoms with van der Waals surface area (Å²) in [6.07, 6.45) is 1.27. The number of imide groups is 1. The van der Waals surface area contributed by atoms with Crippen molar-refractivity contribution < 1.29 is 19.5 Å². The maximum absolute atomic E-state index is 13.0. The molecule has 0 spiro atoms. The minimum Gasteiger partial charge on any atom is -0.493 e. The number of azo groups is 1. The zero-order valence-corrected chi connectivity index (χ0v) is 16.7. The van der Waals surface area contributed by atoms with Gasteiger partial charge in [-0.25, -0.2) is 0 Å². The number of aromatic amines is 1. The normalized spacial score (nSPS) is 26.0. The number of likely N-dealkylation sites (tertiary alicyclic amines) is 1. The van der Waals surface area contributed by atoms with Crippen LogP contribution in [0.15, 0.2) is 34.5 Å². The van der Waals surface area contributed by atoms with Gasteiger partial charge >= 0.3 is 0 Å². The van der Waals surface area contributed by atoms with E-state index in [2.05, 4.69) is 15.2 Å². The molecule has 2 atom stereocenters. The van der Waals surface area contributed by atoms with Gasteiger partial charge in [-0.15, -0.1) is 10.2 Å². The second-order valence-corrected chi connectivity index (χ2v) is 8.65. The second-order valence-electron chi connectivity index (χ2n) is 8.65. The highest BCUT2D eigenvalue weighted by molar-refractivity contribution is 6.04. The molecule has 29 heavy (non-hydrogen) atoms. The molecule has 2 fully saturated rings. The number of hydrogen-bond acceptors (Lipinski definition) is 5. The number of fused-ring (bicyclic) bond motifs is 3. The molecule has 3 amide bonds. The van der Waals surface area contributed by atoms with E-state index < -0.39 is 11.3 Å². The van der Waals surface area contributed by atoms with E-state index in [4.69, 9.17) is 0 Å². The van der Waals surface area contributed by atoms with E-state index in [0.717, 1.165) is 0 Å². The Morgan fingerprint density at radius 2 is 2.00 bits per heavy atom. The van der Waals surface area contributed by atoms with Crippen molar-refractivity contribution in [3.63, 3.8) is 0 Å². The number of hydrogen-bond donors (Lipinski definition) is 2. The number of carbonyl (C=O) groups is 3. The van der Waals surface area contributed by atoms with Gasteiger partial charge in [0.15, 0.2) is 5.69 Å². The van der Waals surface area contributed by atoms with Crippen LogP contribution in [0.3, 0.4) is 0 Å². The Balaban J connectivity index is 1.46. The van der Waals surface area contributed by atoms with Crippen LogP contribution < -0.4 is 0 Å². The first-order valence-electron chi connectivity index (χ1n) is 9.77. The van der Waals surface area contributed by atoms with E-state index in [1.165, 1.54) is 4.90 Å². The van der Waals surface area contributed by atoms with Gasteiger partial charge < -0.3 is 10.1 Å². The summed E-state index contributed by atoms with van der Waals surface area (Å²) in [6.45, 7) is 5.86. The van der Waals surface area contributed by atoms with Gasteiger partial charge in [-0.2, -0.15) is 0 Å². The maximum atomic E-state index is 13.0. The number of amides is 3. The van der Waals surface area contributed by atoms with E-state index in [9.17, 15) is 19.5 Å². The van der Waals surface area contributed by atoms with Crippen molar-refractivity contribution in [2.24, 2.45) is 27.0 Å². The minimum absolute atomic E-state index is 0.00242. The molecule has 1 aliphatic carbocycles. The molecule has 4 rings (SSSR count). The summed E-state index contributed by atoms with van der Waals surface area (Å²) >= 11 is 0. The Kier molecular flexibility index (Phi) is 4.33. The maximum Gasteiger partial charge on any atom is 0.266 e. The van der Waals surface area contributed by atoms with Gasteiger partial charge in [-0.05, 0) is 24.3 Å². The van der Waals surface area contributed by atoms with Crippen molar-refractivity contribution in [2.75, 3.05) is 6.54 Å². The lowest BCUT2D eigenvalue weighted by atomic mass is 9.62. The fraction of sp³-hybridized carbons (Fsp3) is 0.476. The van der Waals surface area contributed by atoms with Crippen molar-refractivity contribution in [1.29, 1.82) is 0 Å². The molecule has 2 bridgehead atoms. The van der Waals surface area contributed by atoms with Gasteiger partial charge in [0.1, 0.15) is 0 Å². The number of rotatable bonds is 4. The lowest BCUT2D eigenvalue weighted by Crippen LogP contribution is -2.59. The first kappa shape index (κ1) is 19.3. The fourth-order valence-corrected chi connectivity index (χ4v) is 4.69. The highest BCUT2D eigenvalue weighted by Gasteiger charge is 2.64. The van der Waals surface area contributed by atoms with Crippen molar-refractivity contribution in [3.05, 3.63) is 24.3 Å². The third kappa shape index (κ3) is 2.77. The van der Waals surface area contributed by atoms with Gasteiger partial charge in [0, 0.05) is 24.3 Å². The topological polar surface area (TPSA) is 115 Å². The Hall–Kier alpha value is -3.03. The number of H-pyrrole nitrogens is 1. The number of nitrogens with one attached hydrogen (secondary N) is 1. The van der Waals surface area contributed by atoms with Crippen LogP contribution >= 0.6 is 0 Å². The van der Waals surface area contributed by atoms with E-state index in [1.54, 1.807) is 18.2 Å². The van der Waals surface area contributed by atoms with Crippen molar-refractivity contribution in [2.45, 2.75) is 40.0 Å². The molecule has 2 aromatic rings. The summed E-state index contributed by atoms with van der Waals surface area (Å²) in [5.74, 6) is -1.34. The van der Waals surface area contributed by atoms with Crippen molar-refractivity contribution in [1.82, 2.24) is 9.88 Å². The lowest BCUT2D eigenvalue weighted by molar-refractivity contribution is -0.167. The molecule has 1 aromatic carbocycles. The number of aromatic hydroxyl groups is 1. The number of aromatic nitrogens is 1. The van der Waals surface area contributed by atoms with Crippen LogP contribution in [0.2, 0.25) is 0 Å². The molecule has 0 unspecified atom stereocenters. The molecular weight excluding hydrogens is 372 g/mol. The number of benzene rings is 1. The molecule has 0 radical (unpaired) electrons. The monoisotopic (exact) mass is 396 g/mol. The average Bonchev–Trinajstić information content (AvgIpc) is 3.08. The van der Waals surface area contributed by atoms with Crippen LogP contribution in [-0.4, -0.2) is 39.3 Å². The van der Waals surface area contributed by atoms with E-state index in [0.29, 0.717) is 23.7 Å².